The van der Waals surface area contributed by atoms with Crippen LogP contribution in [0.15, 0.2) is 41.2 Å². The molecule has 6 heteroatoms. The zero-order valence-electron chi connectivity index (χ0n) is 10.6. The molecule has 0 bridgehead atoms. The predicted octanol–water partition coefficient (Wildman–Crippen LogP) is 1.02. The van der Waals surface area contributed by atoms with Gasteiger partial charge in [0.15, 0.2) is 0 Å². The van der Waals surface area contributed by atoms with Crippen molar-refractivity contribution in [2.45, 2.75) is 12.5 Å². The summed E-state index contributed by atoms with van der Waals surface area (Å²) in [4.78, 5) is 23.0. The lowest BCUT2D eigenvalue weighted by molar-refractivity contribution is 0.0918. The van der Waals surface area contributed by atoms with Crippen LogP contribution in [0.4, 0.5) is 0 Å². The van der Waals surface area contributed by atoms with E-state index in [4.69, 9.17) is 4.74 Å². The first-order valence-corrected chi connectivity index (χ1v) is 6.32. The van der Waals surface area contributed by atoms with Gasteiger partial charge in [0.1, 0.15) is 11.4 Å². The quantitative estimate of drug-likeness (QED) is 0.854. The van der Waals surface area contributed by atoms with Crippen molar-refractivity contribution < 1.29 is 9.53 Å². The van der Waals surface area contributed by atoms with Crippen molar-refractivity contribution in [3.05, 3.63) is 58.0 Å². The minimum Gasteiger partial charge on any atom is -0.493 e. The summed E-state index contributed by atoms with van der Waals surface area (Å²) in [6.45, 7) is 0.557. The molecular weight excluding hydrogens is 258 g/mol. The SMILES string of the molecule is O=C(N[C@@H]1CCOc2ccccc21)c1ccc(=O)[nH]n1. The normalized spacial score (nSPS) is 16.9. The van der Waals surface area contributed by atoms with E-state index in [0.29, 0.717) is 13.0 Å². The van der Waals surface area contributed by atoms with Gasteiger partial charge in [-0.3, -0.25) is 9.59 Å². The molecule has 1 amide bonds. The third-order valence-electron chi connectivity index (χ3n) is 3.18. The molecule has 0 unspecified atom stereocenters. The molecule has 1 aliphatic heterocycles. The molecule has 2 aromatic rings. The second-order valence-electron chi connectivity index (χ2n) is 4.51. The maximum absolute atomic E-state index is 12.1. The Hall–Kier alpha value is -2.63. The standard InChI is InChI=1S/C14H13N3O3/c18-13-6-5-11(16-17-13)14(19)15-10-7-8-20-12-4-2-1-3-9(10)12/h1-6,10H,7-8H2,(H,15,19)(H,17,18)/t10-/m1/s1. The number of H-pyrrole nitrogens is 1. The molecule has 0 spiro atoms. The number of carbonyl (C=O) groups excluding carboxylic acids is 1. The van der Waals surface area contributed by atoms with Crippen molar-refractivity contribution in [3.8, 4) is 5.75 Å². The van der Waals surface area contributed by atoms with Crippen LogP contribution in [0.2, 0.25) is 0 Å². The Balaban J connectivity index is 1.80. The average Bonchev–Trinajstić information content (AvgIpc) is 2.48. The fraction of sp³-hybridized carbons (Fsp3) is 0.214. The molecule has 1 atom stereocenters. The predicted molar refractivity (Wildman–Crippen MR) is 71.6 cm³/mol. The van der Waals surface area contributed by atoms with Gasteiger partial charge in [-0.25, -0.2) is 5.10 Å². The Morgan fingerprint density at radius 1 is 1.30 bits per heavy atom. The molecule has 0 radical (unpaired) electrons. The number of aromatic amines is 1. The van der Waals surface area contributed by atoms with Crippen LogP contribution in [0.25, 0.3) is 0 Å². The number of ether oxygens (including phenoxy) is 1. The van der Waals surface area contributed by atoms with Gasteiger partial charge >= 0.3 is 0 Å². The molecule has 102 valence electrons. The first kappa shape index (κ1) is 12.4. The molecule has 3 rings (SSSR count). The Kier molecular flexibility index (Phi) is 3.20. The van der Waals surface area contributed by atoms with E-state index in [9.17, 15) is 9.59 Å². The molecule has 0 fully saturated rings. The van der Waals surface area contributed by atoms with Crippen LogP contribution in [0.3, 0.4) is 0 Å². The maximum Gasteiger partial charge on any atom is 0.272 e. The molecule has 0 saturated heterocycles. The smallest absolute Gasteiger partial charge is 0.272 e. The van der Waals surface area contributed by atoms with E-state index in [0.717, 1.165) is 11.3 Å². The van der Waals surface area contributed by atoms with Gasteiger partial charge in [-0.1, -0.05) is 18.2 Å². The first-order valence-electron chi connectivity index (χ1n) is 6.32. The van der Waals surface area contributed by atoms with Crippen LogP contribution in [-0.2, 0) is 0 Å². The minimum absolute atomic E-state index is 0.110. The van der Waals surface area contributed by atoms with Crippen LogP contribution in [0, 0.1) is 0 Å². The van der Waals surface area contributed by atoms with Crippen molar-refractivity contribution in [3.63, 3.8) is 0 Å². The maximum atomic E-state index is 12.1. The second kappa shape index (κ2) is 5.16. The Morgan fingerprint density at radius 2 is 2.15 bits per heavy atom. The monoisotopic (exact) mass is 271 g/mol. The van der Waals surface area contributed by atoms with Gasteiger partial charge in [0.2, 0.25) is 0 Å². The molecule has 1 aliphatic rings. The largest absolute Gasteiger partial charge is 0.493 e. The summed E-state index contributed by atoms with van der Waals surface area (Å²) >= 11 is 0. The van der Waals surface area contributed by atoms with Crippen LogP contribution in [-0.4, -0.2) is 22.7 Å². The number of rotatable bonds is 2. The summed E-state index contributed by atoms with van der Waals surface area (Å²) in [5, 5.41) is 8.87. The van der Waals surface area contributed by atoms with Crippen molar-refractivity contribution in [1.29, 1.82) is 0 Å². The number of fused-ring (bicyclic) bond motifs is 1. The highest BCUT2D eigenvalue weighted by atomic mass is 16.5. The van der Waals surface area contributed by atoms with E-state index >= 15 is 0 Å². The fourth-order valence-electron chi connectivity index (χ4n) is 2.20. The number of nitrogens with zero attached hydrogens (tertiary/aromatic N) is 1. The zero-order valence-corrected chi connectivity index (χ0v) is 10.6. The highest BCUT2D eigenvalue weighted by Gasteiger charge is 2.23. The summed E-state index contributed by atoms with van der Waals surface area (Å²) < 4.78 is 5.54. The molecule has 2 N–H and O–H groups in total. The Morgan fingerprint density at radius 3 is 2.95 bits per heavy atom. The zero-order chi connectivity index (χ0) is 13.9. The second-order valence-corrected chi connectivity index (χ2v) is 4.51. The van der Waals surface area contributed by atoms with Crippen LogP contribution in [0.5, 0.6) is 5.75 Å². The van der Waals surface area contributed by atoms with Gasteiger partial charge in [-0.2, -0.15) is 5.10 Å². The van der Waals surface area contributed by atoms with Gasteiger partial charge in [-0.05, 0) is 12.1 Å². The molecule has 0 aliphatic carbocycles. The number of amides is 1. The Bertz CT molecular complexity index is 676. The molecular formula is C14H13N3O3. The number of benzene rings is 1. The van der Waals surface area contributed by atoms with E-state index in [1.807, 2.05) is 24.3 Å². The van der Waals surface area contributed by atoms with Crippen molar-refractivity contribution in [1.82, 2.24) is 15.5 Å². The van der Waals surface area contributed by atoms with Gasteiger partial charge in [0.25, 0.3) is 11.5 Å². The topological polar surface area (TPSA) is 84.1 Å². The molecule has 1 aromatic carbocycles. The number of aromatic nitrogens is 2. The van der Waals surface area contributed by atoms with Crippen LogP contribution < -0.4 is 15.6 Å². The number of carbonyl (C=O) groups is 1. The molecule has 20 heavy (non-hydrogen) atoms. The van der Waals surface area contributed by atoms with Crippen molar-refractivity contribution >= 4 is 5.91 Å². The van der Waals surface area contributed by atoms with Crippen LogP contribution >= 0.6 is 0 Å². The lowest BCUT2D eigenvalue weighted by Crippen LogP contribution is -2.33. The Labute approximate surface area is 114 Å². The lowest BCUT2D eigenvalue weighted by atomic mass is 10.0. The van der Waals surface area contributed by atoms with E-state index in [1.165, 1.54) is 12.1 Å². The third kappa shape index (κ3) is 2.40. The summed E-state index contributed by atoms with van der Waals surface area (Å²) in [6.07, 6.45) is 0.701. The number of hydrogen-bond acceptors (Lipinski definition) is 4. The van der Waals surface area contributed by atoms with Gasteiger partial charge in [0, 0.05) is 18.1 Å². The lowest BCUT2D eigenvalue weighted by Gasteiger charge is -2.26. The van der Waals surface area contributed by atoms with Crippen molar-refractivity contribution in [2.24, 2.45) is 0 Å². The van der Waals surface area contributed by atoms with E-state index in [1.54, 1.807) is 0 Å². The molecule has 1 aromatic heterocycles. The van der Waals surface area contributed by atoms with E-state index in [-0.39, 0.29) is 23.2 Å². The van der Waals surface area contributed by atoms with E-state index < -0.39 is 0 Å². The fourth-order valence-corrected chi connectivity index (χ4v) is 2.20. The summed E-state index contributed by atoms with van der Waals surface area (Å²) in [5.41, 5.74) is 0.808. The number of hydrogen-bond donors (Lipinski definition) is 2. The summed E-state index contributed by atoms with van der Waals surface area (Å²) in [6, 6.07) is 10.2. The van der Waals surface area contributed by atoms with E-state index in [2.05, 4.69) is 15.5 Å². The first-order chi connectivity index (χ1) is 9.74. The summed E-state index contributed by atoms with van der Waals surface area (Å²) in [7, 11) is 0. The average molecular weight is 271 g/mol. The summed E-state index contributed by atoms with van der Waals surface area (Å²) in [5.74, 6) is 0.474. The highest BCUT2D eigenvalue weighted by Crippen LogP contribution is 2.31. The minimum atomic E-state index is -0.335. The number of nitrogens with one attached hydrogen (secondary N) is 2. The van der Waals surface area contributed by atoms with Gasteiger partial charge < -0.3 is 10.1 Å². The van der Waals surface area contributed by atoms with Crippen molar-refractivity contribution in [2.75, 3.05) is 6.61 Å². The van der Waals surface area contributed by atoms with Gasteiger partial charge in [-0.15, -0.1) is 0 Å². The molecule has 6 nitrogen and oxygen atoms in total. The highest BCUT2D eigenvalue weighted by molar-refractivity contribution is 5.92. The van der Waals surface area contributed by atoms with Gasteiger partial charge in [0.05, 0.1) is 12.6 Å². The molecule has 0 saturated carbocycles. The number of para-hydroxylation sites is 1. The van der Waals surface area contributed by atoms with Crippen LogP contribution in [0.1, 0.15) is 28.5 Å². The third-order valence-corrected chi connectivity index (χ3v) is 3.18. The molecule has 2 heterocycles.